The van der Waals surface area contributed by atoms with Crippen LogP contribution in [0.4, 0.5) is 9.59 Å². The summed E-state index contributed by atoms with van der Waals surface area (Å²) in [5, 5.41) is 4.95. The van der Waals surface area contributed by atoms with Crippen LogP contribution in [0.25, 0.3) is 11.1 Å². The van der Waals surface area contributed by atoms with Gasteiger partial charge in [0.05, 0.1) is 13.1 Å². The van der Waals surface area contributed by atoms with Gasteiger partial charge in [-0.3, -0.25) is 0 Å². The number of hydrogen-bond donors (Lipinski definition) is 2. The van der Waals surface area contributed by atoms with Crippen LogP contribution < -0.4 is 20.1 Å². The van der Waals surface area contributed by atoms with Crippen LogP contribution in [-0.2, 0) is 28.5 Å². The number of amides is 2. The van der Waals surface area contributed by atoms with Crippen LogP contribution >= 0.6 is 0 Å². The van der Waals surface area contributed by atoms with Gasteiger partial charge >= 0.3 is 24.1 Å². The van der Waals surface area contributed by atoms with Crippen molar-refractivity contribution in [2.45, 2.75) is 13.8 Å². The van der Waals surface area contributed by atoms with Gasteiger partial charge in [-0.2, -0.15) is 0 Å². The van der Waals surface area contributed by atoms with E-state index in [0.29, 0.717) is 11.5 Å². The van der Waals surface area contributed by atoms with Gasteiger partial charge in [0.15, 0.2) is 0 Å². The van der Waals surface area contributed by atoms with Crippen LogP contribution in [-0.4, -0.2) is 76.9 Å². The molecule has 0 saturated heterocycles. The molecule has 0 saturated carbocycles. The Morgan fingerprint density at radius 1 is 0.571 bits per heavy atom. The number of nitrogens with one attached hydrogen (secondary N) is 2. The molecule has 0 spiro atoms. The smallest absolute Gasteiger partial charge is 0.407 e. The van der Waals surface area contributed by atoms with E-state index in [4.69, 9.17) is 28.4 Å². The first-order chi connectivity index (χ1) is 20.2. The molecule has 2 rings (SSSR count). The standard InChI is InChI=1S/C30H36N2O10/c1-21(2)27(33)39-15-13-31-29(35)41-19-17-37-25-11-7-5-9-23(25)24-10-6-8-12-26(24)38-18-20-42-30(36)32-14-16-40-28(34)22(3)4/h5-12H,1,3,13-20H2,2,4H3,(H,31,35)(H,32,36). The van der Waals surface area contributed by atoms with E-state index in [2.05, 4.69) is 23.8 Å². The predicted molar refractivity (Wildman–Crippen MR) is 153 cm³/mol. The van der Waals surface area contributed by atoms with E-state index >= 15 is 0 Å². The molecule has 2 N–H and O–H groups in total. The second-order valence-electron chi connectivity index (χ2n) is 8.65. The Balaban J connectivity index is 1.77. The van der Waals surface area contributed by atoms with E-state index in [1.807, 2.05) is 36.4 Å². The van der Waals surface area contributed by atoms with E-state index < -0.39 is 24.1 Å². The molecular weight excluding hydrogens is 548 g/mol. The fourth-order valence-corrected chi connectivity index (χ4v) is 3.14. The first kappa shape index (κ1) is 33.2. The average molecular weight is 585 g/mol. The second-order valence-corrected chi connectivity index (χ2v) is 8.65. The monoisotopic (exact) mass is 584 g/mol. The third-order valence-electron chi connectivity index (χ3n) is 5.12. The maximum Gasteiger partial charge on any atom is 0.407 e. The quantitative estimate of drug-likeness (QED) is 0.122. The highest BCUT2D eigenvalue weighted by molar-refractivity contribution is 5.87. The van der Waals surface area contributed by atoms with Crippen molar-refractivity contribution in [3.8, 4) is 22.6 Å². The van der Waals surface area contributed by atoms with Crippen molar-refractivity contribution >= 4 is 24.1 Å². The minimum Gasteiger partial charge on any atom is -0.489 e. The minimum absolute atomic E-state index is 0.000252. The SMILES string of the molecule is C=C(C)C(=O)OCCNC(=O)OCCOc1ccccc1-c1ccccc1OCCOC(=O)NCCOC(=O)C(=C)C. The van der Waals surface area contributed by atoms with Crippen molar-refractivity contribution in [3.05, 3.63) is 72.8 Å². The molecule has 0 aliphatic heterocycles. The fraction of sp³-hybridized carbons (Fsp3) is 0.333. The predicted octanol–water partition coefficient (Wildman–Crippen LogP) is 3.80. The summed E-state index contributed by atoms with van der Waals surface area (Å²) in [5.41, 5.74) is 2.05. The number of esters is 2. The van der Waals surface area contributed by atoms with Gasteiger partial charge in [0, 0.05) is 22.3 Å². The summed E-state index contributed by atoms with van der Waals surface area (Å²) < 4.78 is 31.7. The Morgan fingerprint density at radius 3 is 1.33 bits per heavy atom. The summed E-state index contributed by atoms with van der Waals surface area (Å²) in [6.45, 7) is 10.4. The van der Waals surface area contributed by atoms with Crippen molar-refractivity contribution in [2.75, 3.05) is 52.7 Å². The lowest BCUT2D eigenvalue weighted by atomic mass is 10.0. The molecule has 0 unspecified atom stereocenters. The number of ether oxygens (including phenoxy) is 6. The van der Waals surface area contributed by atoms with Crippen LogP contribution in [0, 0.1) is 0 Å². The van der Waals surface area contributed by atoms with Gasteiger partial charge in [-0.1, -0.05) is 49.6 Å². The Morgan fingerprint density at radius 2 is 0.952 bits per heavy atom. The van der Waals surface area contributed by atoms with Gasteiger partial charge in [0.1, 0.15) is 51.1 Å². The molecule has 0 aliphatic carbocycles. The molecule has 226 valence electrons. The Kier molecular flexibility index (Phi) is 14.5. The number of rotatable bonds is 17. The molecule has 12 heteroatoms. The van der Waals surface area contributed by atoms with Gasteiger partial charge in [-0.25, -0.2) is 19.2 Å². The van der Waals surface area contributed by atoms with Gasteiger partial charge in [-0.15, -0.1) is 0 Å². The fourth-order valence-electron chi connectivity index (χ4n) is 3.14. The molecule has 2 aromatic carbocycles. The number of carbonyl (C=O) groups excluding carboxylic acids is 4. The maximum absolute atomic E-state index is 11.8. The molecule has 0 fully saturated rings. The lowest BCUT2D eigenvalue weighted by molar-refractivity contribution is -0.139. The number of hydrogen-bond acceptors (Lipinski definition) is 10. The van der Waals surface area contributed by atoms with Crippen molar-refractivity contribution in [1.82, 2.24) is 10.6 Å². The van der Waals surface area contributed by atoms with E-state index in [0.717, 1.165) is 11.1 Å². The summed E-state index contributed by atoms with van der Waals surface area (Å²) in [7, 11) is 0. The molecule has 0 aromatic heterocycles. The summed E-state index contributed by atoms with van der Waals surface area (Å²) in [4.78, 5) is 46.3. The largest absolute Gasteiger partial charge is 0.489 e. The second kappa shape index (κ2) is 18.4. The van der Waals surface area contributed by atoms with Crippen molar-refractivity contribution in [3.63, 3.8) is 0 Å². The van der Waals surface area contributed by atoms with Crippen LogP contribution in [0.3, 0.4) is 0 Å². The molecule has 0 radical (unpaired) electrons. The summed E-state index contributed by atoms with van der Waals surface area (Å²) >= 11 is 0. The van der Waals surface area contributed by atoms with Crippen LogP contribution in [0.2, 0.25) is 0 Å². The molecule has 2 aromatic rings. The number of carbonyl (C=O) groups is 4. The lowest BCUT2D eigenvalue weighted by Gasteiger charge is -2.15. The Hall–Kier alpha value is -5.00. The molecule has 0 aliphatic rings. The van der Waals surface area contributed by atoms with Crippen LogP contribution in [0.15, 0.2) is 72.8 Å². The van der Waals surface area contributed by atoms with Crippen LogP contribution in [0.1, 0.15) is 13.8 Å². The zero-order valence-electron chi connectivity index (χ0n) is 23.8. The van der Waals surface area contributed by atoms with Gasteiger partial charge < -0.3 is 39.1 Å². The Labute approximate surface area is 244 Å². The van der Waals surface area contributed by atoms with Crippen molar-refractivity contribution < 1.29 is 47.6 Å². The highest BCUT2D eigenvalue weighted by Gasteiger charge is 2.12. The summed E-state index contributed by atoms with van der Waals surface area (Å²) in [5.74, 6) is 0.0364. The molecular formula is C30H36N2O10. The molecule has 42 heavy (non-hydrogen) atoms. The molecule has 12 nitrogen and oxygen atoms in total. The van der Waals surface area contributed by atoms with Crippen molar-refractivity contribution in [2.24, 2.45) is 0 Å². The van der Waals surface area contributed by atoms with Gasteiger partial charge in [-0.05, 0) is 26.0 Å². The molecule has 0 bridgehead atoms. The number of benzene rings is 2. The topological polar surface area (TPSA) is 148 Å². The highest BCUT2D eigenvalue weighted by atomic mass is 16.6. The average Bonchev–Trinajstić information content (AvgIpc) is 2.98. The zero-order chi connectivity index (χ0) is 30.7. The third kappa shape index (κ3) is 12.5. The van der Waals surface area contributed by atoms with Crippen molar-refractivity contribution in [1.29, 1.82) is 0 Å². The van der Waals surface area contributed by atoms with E-state index in [-0.39, 0.29) is 63.9 Å². The van der Waals surface area contributed by atoms with E-state index in [9.17, 15) is 19.2 Å². The third-order valence-corrected chi connectivity index (χ3v) is 5.12. The number of para-hydroxylation sites is 2. The zero-order valence-corrected chi connectivity index (χ0v) is 23.8. The highest BCUT2D eigenvalue weighted by Crippen LogP contribution is 2.36. The van der Waals surface area contributed by atoms with E-state index in [1.165, 1.54) is 13.8 Å². The maximum atomic E-state index is 11.8. The first-order valence-corrected chi connectivity index (χ1v) is 13.1. The number of alkyl carbamates (subject to hydrolysis) is 2. The Bertz CT molecular complexity index is 1150. The molecule has 0 atom stereocenters. The van der Waals surface area contributed by atoms with Gasteiger partial charge in [0.2, 0.25) is 0 Å². The molecule has 2 amide bonds. The lowest BCUT2D eigenvalue weighted by Crippen LogP contribution is -2.29. The molecule has 0 heterocycles. The van der Waals surface area contributed by atoms with Crippen LogP contribution in [0.5, 0.6) is 11.5 Å². The van der Waals surface area contributed by atoms with Gasteiger partial charge in [0.25, 0.3) is 0 Å². The first-order valence-electron chi connectivity index (χ1n) is 13.1. The minimum atomic E-state index is -0.667. The summed E-state index contributed by atoms with van der Waals surface area (Å²) in [6.07, 6.45) is -1.33. The summed E-state index contributed by atoms with van der Waals surface area (Å²) in [6, 6.07) is 14.6. The van der Waals surface area contributed by atoms with E-state index in [1.54, 1.807) is 12.1 Å². The normalized spacial score (nSPS) is 10.0.